The van der Waals surface area contributed by atoms with Gasteiger partial charge in [-0.15, -0.1) is 0 Å². The van der Waals surface area contributed by atoms with Crippen LogP contribution in [0.25, 0.3) is 0 Å². The molecule has 1 aromatic carbocycles. The molecule has 1 amide bonds. The lowest BCUT2D eigenvalue weighted by atomic mass is 10.3. The smallest absolute Gasteiger partial charge is 0.371 e. The van der Waals surface area contributed by atoms with Crippen molar-refractivity contribution >= 4 is 23.5 Å². The number of carboxylic acid groups (broad SMARTS) is 1. The van der Waals surface area contributed by atoms with E-state index in [4.69, 9.17) is 25.9 Å². The molecule has 0 radical (unpaired) electrons. The summed E-state index contributed by atoms with van der Waals surface area (Å²) in [6.07, 6.45) is 0.826. The number of halogens is 1. The number of hydrogen-bond donors (Lipinski definition) is 2. The molecule has 0 fully saturated rings. The summed E-state index contributed by atoms with van der Waals surface area (Å²) in [7, 11) is 0. The van der Waals surface area contributed by atoms with Gasteiger partial charge in [0.25, 0.3) is 0 Å². The molecule has 2 rings (SSSR count). The lowest BCUT2D eigenvalue weighted by Crippen LogP contribution is -2.22. The maximum absolute atomic E-state index is 11.7. The summed E-state index contributed by atoms with van der Waals surface area (Å²) in [5.41, 5.74) is 0. The van der Waals surface area contributed by atoms with Gasteiger partial charge >= 0.3 is 5.97 Å². The molecule has 0 aliphatic carbocycles. The van der Waals surface area contributed by atoms with E-state index in [0.29, 0.717) is 29.6 Å². The standard InChI is InChI=1S/C16H16ClNO5/c17-12-4-1-2-5-13(12)22-9-3-6-15(19)18-10-11-7-8-14(23-11)16(20)21/h1-2,4-5,7-8H,3,6,9-10H2,(H,18,19)(H,20,21). The number of aromatic carboxylic acids is 1. The highest BCUT2D eigenvalue weighted by molar-refractivity contribution is 6.32. The van der Waals surface area contributed by atoms with E-state index in [9.17, 15) is 9.59 Å². The topological polar surface area (TPSA) is 88.8 Å². The van der Waals surface area contributed by atoms with E-state index in [1.807, 2.05) is 12.1 Å². The summed E-state index contributed by atoms with van der Waals surface area (Å²) in [5, 5.41) is 11.9. The molecule has 2 aromatic rings. The Hall–Kier alpha value is -2.47. The summed E-state index contributed by atoms with van der Waals surface area (Å²) in [6, 6.07) is 10.00. The van der Waals surface area contributed by atoms with E-state index in [1.165, 1.54) is 12.1 Å². The van der Waals surface area contributed by atoms with Crippen LogP contribution in [0.1, 0.15) is 29.2 Å². The zero-order chi connectivity index (χ0) is 16.7. The highest BCUT2D eigenvalue weighted by Gasteiger charge is 2.09. The monoisotopic (exact) mass is 337 g/mol. The zero-order valence-corrected chi connectivity index (χ0v) is 13.0. The molecule has 23 heavy (non-hydrogen) atoms. The number of furan rings is 1. The summed E-state index contributed by atoms with van der Waals surface area (Å²) in [5.74, 6) is -0.475. The Morgan fingerprint density at radius 1 is 1.22 bits per heavy atom. The Labute approximate surface area is 138 Å². The van der Waals surface area contributed by atoms with E-state index >= 15 is 0 Å². The minimum atomic E-state index is -1.14. The number of carbonyl (C=O) groups is 2. The van der Waals surface area contributed by atoms with Crippen molar-refractivity contribution in [3.8, 4) is 5.75 Å². The van der Waals surface area contributed by atoms with Crippen molar-refractivity contribution in [2.45, 2.75) is 19.4 Å². The van der Waals surface area contributed by atoms with E-state index in [-0.39, 0.29) is 24.6 Å². The Morgan fingerprint density at radius 3 is 2.70 bits per heavy atom. The van der Waals surface area contributed by atoms with Crippen LogP contribution in [0.2, 0.25) is 5.02 Å². The number of para-hydroxylation sites is 1. The summed E-state index contributed by atoms with van der Waals surface area (Å²) in [4.78, 5) is 22.3. The fourth-order valence-corrected chi connectivity index (χ4v) is 2.03. The fraction of sp³-hybridized carbons (Fsp3) is 0.250. The second-order valence-electron chi connectivity index (χ2n) is 4.73. The predicted molar refractivity (Wildman–Crippen MR) is 83.7 cm³/mol. The highest BCUT2D eigenvalue weighted by Crippen LogP contribution is 2.23. The highest BCUT2D eigenvalue weighted by atomic mass is 35.5. The minimum Gasteiger partial charge on any atom is -0.492 e. The molecule has 0 atom stereocenters. The zero-order valence-electron chi connectivity index (χ0n) is 12.3. The van der Waals surface area contributed by atoms with Crippen molar-refractivity contribution in [1.82, 2.24) is 5.32 Å². The van der Waals surface area contributed by atoms with Crippen molar-refractivity contribution < 1.29 is 23.8 Å². The molecule has 122 valence electrons. The number of nitrogens with one attached hydrogen (secondary N) is 1. The second kappa shape index (κ2) is 8.24. The van der Waals surface area contributed by atoms with Crippen LogP contribution in [0.3, 0.4) is 0 Å². The fourth-order valence-electron chi connectivity index (χ4n) is 1.84. The van der Waals surface area contributed by atoms with Gasteiger partial charge in [0.2, 0.25) is 11.7 Å². The number of hydrogen-bond acceptors (Lipinski definition) is 4. The van der Waals surface area contributed by atoms with Crippen LogP contribution in [0.4, 0.5) is 0 Å². The first-order chi connectivity index (χ1) is 11.1. The molecule has 1 heterocycles. The van der Waals surface area contributed by atoms with Crippen LogP contribution in [0.15, 0.2) is 40.8 Å². The van der Waals surface area contributed by atoms with E-state index in [0.717, 1.165) is 0 Å². The predicted octanol–water partition coefficient (Wildman–Crippen LogP) is 3.11. The van der Waals surface area contributed by atoms with Gasteiger partial charge in [0.15, 0.2) is 0 Å². The van der Waals surface area contributed by atoms with Crippen molar-refractivity contribution in [2.75, 3.05) is 6.61 Å². The first-order valence-electron chi connectivity index (χ1n) is 7.02. The molecular weight excluding hydrogens is 322 g/mol. The van der Waals surface area contributed by atoms with E-state index < -0.39 is 5.97 Å². The van der Waals surface area contributed by atoms with E-state index in [2.05, 4.69) is 5.32 Å². The van der Waals surface area contributed by atoms with Gasteiger partial charge in [-0.3, -0.25) is 4.79 Å². The molecule has 7 heteroatoms. The Balaban J connectivity index is 1.65. The number of amides is 1. The first kappa shape index (κ1) is 16.9. The number of ether oxygens (including phenoxy) is 1. The third-order valence-corrected chi connectivity index (χ3v) is 3.29. The minimum absolute atomic E-state index is 0.150. The molecule has 1 aromatic heterocycles. The van der Waals surface area contributed by atoms with Gasteiger partial charge in [0.1, 0.15) is 11.5 Å². The van der Waals surface area contributed by atoms with Crippen LogP contribution in [-0.2, 0) is 11.3 Å². The van der Waals surface area contributed by atoms with Gasteiger partial charge in [-0.25, -0.2) is 4.79 Å². The maximum Gasteiger partial charge on any atom is 0.371 e. The normalized spacial score (nSPS) is 10.3. The Morgan fingerprint density at radius 2 is 2.00 bits per heavy atom. The number of benzene rings is 1. The molecule has 0 aliphatic heterocycles. The average Bonchev–Trinajstić information content (AvgIpc) is 3.00. The van der Waals surface area contributed by atoms with Crippen molar-refractivity contribution in [3.63, 3.8) is 0 Å². The quantitative estimate of drug-likeness (QED) is 0.722. The van der Waals surface area contributed by atoms with Gasteiger partial charge in [-0.2, -0.15) is 0 Å². The second-order valence-corrected chi connectivity index (χ2v) is 5.14. The number of rotatable bonds is 8. The molecule has 0 unspecified atom stereocenters. The summed E-state index contributed by atoms with van der Waals surface area (Å²) >= 11 is 5.95. The van der Waals surface area contributed by atoms with Crippen molar-refractivity contribution in [1.29, 1.82) is 0 Å². The lowest BCUT2D eigenvalue weighted by Gasteiger charge is -2.07. The van der Waals surface area contributed by atoms with Crippen LogP contribution >= 0.6 is 11.6 Å². The van der Waals surface area contributed by atoms with Crippen LogP contribution in [-0.4, -0.2) is 23.6 Å². The molecule has 6 nitrogen and oxygen atoms in total. The Kier molecular flexibility index (Phi) is 6.05. The number of carbonyl (C=O) groups excluding carboxylic acids is 1. The van der Waals surface area contributed by atoms with Crippen molar-refractivity contribution in [2.24, 2.45) is 0 Å². The van der Waals surface area contributed by atoms with Crippen molar-refractivity contribution in [3.05, 3.63) is 52.9 Å². The van der Waals surface area contributed by atoms with Crippen LogP contribution in [0.5, 0.6) is 5.75 Å². The molecule has 0 spiro atoms. The Bertz CT molecular complexity index is 683. The number of carboxylic acids is 1. The van der Waals surface area contributed by atoms with Gasteiger partial charge in [-0.1, -0.05) is 23.7 Å². The van der Waals surface area contributed by atoms with Gasteiger partial charge in [0, 0.05) is 6.42 Å². The summed E-state index contributed by atoms with van der Waals surface area (Å²) < 4.78 is 10.5. The SMILES string of the molecule is O=C(CCCOc1ccccc1Cl)NCc1ccc(C(=O)O)o1. The van der Waals surface area contributed by atoms with E-state index in [1.54, 1.807) is 12.1 Å². The van der Waals surface area contributed by atoms with Gasteiger partial charge in [-0.05, 0) is 30.7 Å². The first-order valence-corrected chi connectivity index (χ1v) is 7.40. The lowest BCUT2D eigenvalue weighted by molar-refractivity contribution is -0.121. The van der Waals surface area contributed by atoms with Crippen LogP contribution in [0, 0.1) is 0 Å². The molecule has 2 N–H and O–H groups in total. The third-order valence-electron chi connectivity index (χ3n) is 2.97. The van der Waals surface area contributed by atoms with Gasteiger partial charge in [0.05, 0.1) is 18.2 Å². The largest absolute Gasteiger partial charge is 0.492 e. The molecule has 0 saturated heterocycles. The van der Waals surface area contributed by atoms with Crippen LogP contribution < -0.4 is 10.1 Å². The molecule has 0 saturated carbocycles. The molecule has 0 aliphatic rings. The maximum atomic E-state index is 11.7. The summed E-state index contributed by atoms with van der Waals surface area (Å²) in [6.45, 7) is 0.526. The molecule has 0 bridgehead atoms. The average molecular weight is 338 g/mol. The molecular formula is C16H16ClNO5. The van der Waals surface area contributed by atoms with Gasteiger partial charge < -0.3 is 19.6 Å². The third kappa shape index (κ3) is 5.34.